The molecule has 2 heterocycles. The molecule has 0 spiro atoms. The van der Waals surface area contributed by atoms with Crippen LogP contribution in [0.4, 0.5) is 5.69 Å². The van der Waals surface area contributed by atoms with Gasteiger partial charge in [0.05, 0.1) is 17.4 Å². The van der Waals surface area contributed by atoms with Crippen LogP contribution >= 0.6 is 0 Å². The number of carbonyl (C=O) groups excluding carboxylic acids is 1. The van der Waals surface area contributed by atoms with E-state index in [0.29, 0.717) is 6.04 Å². The molecule has 1 saturated heterocycles. The van der Waals surface area contributed by atoms with E-state index in [9.17, 15) is 4.79 Å². The third-order valence-electron chi connectivity index (χ3n) is 3.23. The highest BCUT2D eigenvalue weighted by Gasteiger charge is 2.27. The average molecular weight is 233 g/mol. The first kappa shape index (κ1) is 11.9. The Morgan fingerprint density at radius 1 is 1.65 bits per heavy atom. The van der Waals surface area contributed by atoms with Gasteiger partial charge >= 0.3 is 0 Å². The summed E-state index contributed by atoms with van der Waals surface area (Å²) in [5.41, 5.74) is 1.56. The summed E-state index contributed by atoms with van der Waals surface area (Å²) in [7, 11) is 0. The molecule has 1 aliphatic rings. The maximum Gasteiger partial charge on any atom is 0.256 e. The fraction of sp³-hybridized carbons (Fsp3) is 0.538. The number of carbonyl (C=O) groups is 1. The van der Waals surface area contributed by atoms with Crippen LogP contribution in [-0.2, 0) is 0 Å². The molecule has 1 fully saturated rings. The third kappa shape index (κ3) is 2.40. The molecule has 1 N–H and O–H groups in total. The highest BCUT2D eigenvalue weighted by atomic mass is 16.2. The van der Waals surface area contributed by atoms with Crippen LogP contribution in [0.2, 0.25) is 0 Å². The summed E-state index contributed by atoms with van der Waals surface area (Å²) < 4.78 is 0. The summed E-state index contributed by atoms with van der Waals surface area (Å²) in [5, 5.41) is 3.19. The summed E-state index contributed by atoms with van der Waals surface area (Å²) in [6.45, 7) is 5.79. The highest BCUT2D eigenvalue weighted by Crippen LogP contribution is 2.22. The van der Waals surface area contributed by atoms with Crippen LogP contribution in [0, 0.1) is 0 Å². The molecule has 0 aromatic carbocycles. The topological polar surface area (TPSA) is 45.2 Å². The van der Waals surface area contributed by atoms with Crippen molar-refractivity contribution in [3.63, 3.8) is 0 Å². The van der Waals surface area contributed by atoms with Crippen molar-refractivity contribution in [3.05, 3.63) is 24.0 Å². The fourth-order valence-corrected chi connectivity index (χ4v) is 2.30. The third-order valence-corrected chi connectivity index (χ3v) is 3.23. The van der Waals surface area contributed by atoms with E-state index in [0.717, 1.165) is 37.2 Å². The van der Waals surface area contributed by atoms with E-state index in [1.807, 2.05) is 11.8 Å². The predicted octanol–water partition coefficient (Wildman–Crippen LogP) is 2.14. The fourth-order valence-electron chi connectivity index (χ4n) is 2.30. The minimum absolute atomic E-state index is 0.119. The van der Waals surface area contributed by atoms with E-state index in [1.54, 1.807) is 18.5 Å². The highest BCUT2D eigenvalue weighted by molar-refractivity contribution is 5.99. The molecule has 1 amide bonds. The van der Waals surface area contributed by atoms with Gasteiger partial charge in [0.25, 0.3) is 5.91 Å². The Morgan fingerprint density at radius 2 is 2.47 bits per heavy atom. The first-order valence-electron chi connectivity index (χ1n) is 6.23. The first-order valence-corrected chi connectivity index (χ1v) is 6.23. The summed E-state index contributed by atoms with van der Waals surface area (Å²) in [5.74, 6) is 0.119. The summed E-state index contributed by atoms with van der Waals surface area (Å²) in [4.78, 5) is 18.4. The van der Waals surface area contributed by atoms with Gasteiger partial charge in [-0.25, -0.2) is 0 Å². The summed E-state index contributed by atoms with van der Waals surface area (Å²) in [6, 6.07) is 2.15. The van der Waals surface area contributed by atoms with E-state index in [2.05, 4.69) is 17.2 Å². The van der Waals surface area contributed by atoms with Gasteiger partial charge in [-0.15, -0.1) is 0 Å². The van der Waals surface area contributed by atoms with Crippen LogP contribution in [0.1, 0.15) is 37.0 Å². The van der Waals surface area contributed by atoms with E-state index in [-0.39, 0.29) is 5.91 Å². The van der Waals surface area contributed by atoms with Crippen LogP contribution in [0.5, 0.6) is 0 Å². The van der Waals surface area contributed by atoms with Gasteiger partial charge < -0.3 is 10.2 Å². The maximum atomic E-state index is 12.4. The Kier molecular flexibility index (Phi) is 3.61. The number of amides is 1. The second kappa shape index (κ2) is 5.17. The monoisotopic (exact) mass is 233 g/mol. The van der Waals surface area contributed by atoms with Crippen molar-refractivity contribution in [2.24, 2.45) is 0 Å². The molecule has 0 radical (unpaired) electrons. The number of anilines is 1. The second-order valence-corrected chi connectivity index (χ2v) is 4.44. The van der Waals surface area contributed by atoms with Crippen LogP contribution in [-0.4, -0.2) is 34.9 Å². The van der Waals surface area contributed by atoms with Gasteiger partial charge in [0.1, 0.15) is 0 Å². The molecule has 92 valence electrons. The molecule has 4 nitrogen and oxygen atoms in total. The quantitative estimate of drug-likeness (QED) is 0.870. The van der Waals surface area contributed by atoms with Crippen LogP contribution in [0.25, 0.3) is 0 Å². The lowest BCUT2D eigenvalue weighted by molar-refractivity contribution is 0.0748. The minimum Gasteiger partial charge on any atom is -0.383 e. The standard InChI is InChI=1S/C13H19N3O/c1-3-15-12-9-14-7-6-11(12)13(17)16-8-4-5-10(16)2/h6-7,9-10,15H,3-5,8H2,1-2H3. The van der Waals surface area contributed by atoms with Crippen molar-refractivity contribution in [1.29, 1.82) is 0 Å². The second-order valence-electron chi connectivity index (χ2n) is 4.44. The predicted molar refractivity (Wildman–Crippen MR) is 68.1 cm³/mol. The summed E-state index contributed by atoms with van der Waals surface area (Å²) >= 11 is 0. The van der Waals surface area contributed by atoms with Gasteiger partial charge in [-0.3, -0.25) is 9.78 Å². The van der Waals surface area contributed by atoms with Gasteiger partial charge in [-0.05, 0) is 32.8 Å². The molecule has 2 rings (SSSR count). The number of hydrogen-bond donors (Lipinski definition) is 1. The number of nitrogens with zero attached hydrogens (tertiary/aromatic N) is 2. The molecule has 0 saturated carbocycles. The van der Waals surface area contributed by atoms with Gasteiger partial charge in [-0.2, -0.15) is 0 Å². The van der Waals surface area contributed by atoms with Gasteiger partial charge in [-0.1, -0.05) is 0 Å². The number of hydrogen-bond acceptors (Lipinski definition) is 3. The Balaban J connectivity index is 2.23. The molecule has 0 aliphatic carbocycles. The molecule has 0 bridgehead atoms. The van der Waals surface area contributed by atoms with Crippen LogP contribution in [0.3, 0.4) is 0 Å². The lowest BCUT2D eigenvalue weighted by atomic mass is 10.2. The minimum atomic E-state index is 0.119. The normalized spacial score (nSPS) is 19.4. The van der Waals surface area contributed by atoms with E-state index in [1.165, 1.54) is 0 Å². The molecular weight excluding hydrogens is 214 g/mol. The average Bonchev–Trinajstić information content (AvgIpc) is 2.76. The molecule has 17 heavy (non-hydrogen) atoms. The molecule has 4 heteroatoms. The molecule has 1 atom stereocenters. The number of rotatable bonds is 3. The maximum absolute atomic E-state index is 12.4. The van der Waals surface area contributed by atoms with Crippen molar-refractivity contribution in [3.8, 4) is 0 Å². The van der Waals surface area contributed by atoms with Crippen molar-refractivity contribution in [2.45, 2.75) is 32.7 Å². The largest absolute Gasteiger partial charge is 0.383 e. The zero-order valence-corrected chi connectivity index (χ0v) is 10.4. The lowest BCUT2D eigenvalue weighted by Crippen LogP contribution is -2.34. The van der Waals surface area contributed by atoms with E-state index in [4.69, 9.17) is 0 Å². The van der Waals surface area contributed by atoms with Crippen molar-refractivity contribution >= 4 is 11.6 Å². The SMILES string of the molecule is CCNc1cnccc1C(=O)N1CCCC1C. The number of likely N-dealkylation sites (tertiary alicyclic amines) is 1. The van der Waals surface area contributed by atoms with Crippen molar-refractivity contribution in [1.82, 2.24) is 9.88 Å². The molecule has 1 aromatic heterocycles. The molecular formula is C13H19N3O. The van der Waals surface area contributed by atoms with Gasteiger partial charge in [0, 0.05) is 25.3 Å². The van der Waals surface area contributed by atoms with Gasteiger partial charge in [0.15, 0.2) is 0 Å². The number of aromatic nitrogens is 1. The van der Waals surface area contributed by atoms with E-state index >= 15 is 0 Å². The smallest absolute Gasteiger partial charge is 0.256 e. The Bertz CT molecular complexity index is 405. The zero-order chi connectivity index (χ0) is 12.3. The number of pyridine rings is 1. The van der Waals surface area contributed by atoms with E-state index < -0.39 is 0 Å². The van der Waals surface area contributed by atoms with Crippen molar-refractivity contribution in [2.75, 3.05) is 18.4 Å². The molecule has 1 aromatic rings. The van der Waals surface area contributed by atoms with Crippen LogP contribution < -0.4 is 5.32 Å². The number of nitrogens with one attached hydrogen (secondary N) is 1. The Morgan fingerprint density at radius 3 is 3.12 bits per heavy atom. The molecule has 1 aliphatic heterocycles. The Labute approximate surface area is 102 Å². The van der Waals surface area contributed by atoms with Crippen molar-refractivity contribution < 1.29 is 4.79 Å². The zero-order valence-electron chi connectivity index (χ0n) is 10.4. The molecule has 1 unspecified atom stereocenters. The van der Waals surface area contributed by atoms with Gasteiger partial charge in [0.2, 0.25) is 0 Å². The lowest BCUT2D eigenvalue weighted by Gasteiger charge is -2.22. The first-order chi connectivity index (χ1) is 8.24. The van der Waals surface area contributed by atoms with Crippen LogP contribution in [0.15, 0.2) is 18.5 Å². The summed E-state index contributed by atoms with van der Waals surface area (Å²) in [6.07, 6.45) is 5.61. The Hall–Kier alpha value is -1.58.